The minimum atomic E-state index is 0.0374. The zero-order chi connectivity index (χ0) is 12.1. The fourth-order valence-electron chi connectivity index (χ4n) is 1.62. The number of carbonyl (C=O) groups is 1. The van der Waals surface area contributed by atoms with Gasteiger partial charge in [0, 0.05) is 4.47 Å². The van der Waals surface area contributed by atoms with Gasteiger partial charge in [0.25, 0.3) is 0 Å². The van der Waals surface area contributed by atoms with Gasteiger partial charge in [-0.15, -0.1) is 0 Å². The number of hydrogen-bond donors (Lipinski definition) is 1. The molecular formula is C12H16BrNO2. The van der Waals surface area contributed by atoms with Crippen molar-refractivity contribution in [2.45, 2.75) is 13.3 Å². The number of aryl methyl sites for hydroxylation is 1. The third kappa shape index (κ3) is 2.83. The van der Waals surface area contributed by atoms with Gasteiger partial charge in [-0.2, -0.15) is 0 Å². The highest BCUT2D eigenvalue weighted by atomic mass is 79.9. The maximum Gasteiger partial charge on any atom is 0.180 e. The van der Waals surface area contributed by atoms with Crippen molar-refractivity contribution in [1.82, 2.24) is 5.32 Å². The maximum absolute atomic E-state index is 11.9. The van der Waals surface area contributed by atoms with E-state index in [1.165, 1.54) is 0 Å². The van der Waals surface area contributed by atoms with Crippen LogP contribution in [0.2, 0.25) is 0 Å². The first-order valence-electron chi connectivity index (χ1n) is 5.18. The largest absolute Gasteiger partial charge is 0.496 e. The van der Waals surface area contributed by atoms with Crippen LogP contribution >= 0.6 is 15.9 Å². The average molecular weight is 286 g/mol. The molecule has 0 aliphatic rings. The minimum Gasteiger partial charge on any atom is -0.496 e. The highest BCUT2D eigenvalue weighted by Crippen LogP contribution is 2.29. The molecule has 0 atom stereocenters. The highest BCUT2D eigenvalue weighted by Gasteiger charge is 2.15. The second kappa shape index (κ2) is 6.01. The Morgan fingerprint density at radius 1 is 1.50 bits per heavy atom. The smallest absolute Gasteiger partial charge is 0.180 e. The van der Waals surface area contributed by atoms with Gasteiger partial charge in [-0.05, 0) is 31.2 Å². The van der Waals surface area contributed by atoms with Crippen LogP contribution in [0.25, 0.3) is 0 Å². The van der Waals surface area contributed by atoms with Gasteiger partial charge in [0.2, 0.25) is 0 Å². The Hall–Kier alpha value is -0.870. The van der Waals surface area contributed by atoms with Crippen molar-refractivity contribution in [3.05, 3.63) is 27.7 Å². The number of carbonyl (C=O) groups excluding carboxylic acids is 1. The molecule has 0 aliphatic heterocycles. The van der Waals surface area contributed by atoms with Crippen LogP contribution in [0.1, 0.15) is 22.8 Å². The van der Waals surface area contributed by atoms with Crippen LogP contribution in [0, 0.1) is 0 Å². The lowest BCUT2D eigenvalue weighted by atomic mass is 10.0. The van der Waals surface area contributed by atoms with E-state index in [1.54, 1.807) is 20.2 Å². The van der Waals surface area contributed by atoms with E-state index in [0.717, 1.165) is 16.5 Å². The van der Waals surface area contributed by atoms with Gasteiger partial charge in [0.1, 0.15) is 5.75 Å². The van der Waals surface area contributed by atoms with E-state index in [2.05, 4.69) is 21.2 Å². The summed E-state index contributed by atoms with van der Waals surface area (Å²) in [5, 5.41) is 2.85. The first kappa shape index (κ1) is 13.2. The number of ether oxygens (including phenoxy) is 1. The molecule has 88 valence electrons. The van der Waals surface area contributed by atoms with Gasteiger partial charge in [0.05, 0.1) is 19.2 Å². The van der Waals surface area contributed by atoms with Crippen LogP contribution in [0.15, 0.2) is 16.6 Å². The van der Waals surface area contributed by atoms with Gasteiger partial charge in [-0.1, -0.05) is 22.9 Å². The van der Waals surface area contributed by atoms with Crippen LogP contribution in [0.5, 0.6) is 5.75 Å². The molecule has 4 heteroatoms. The number of benzene rings is 1. The molecule has 0 aliphatic carbocycles. The summed E-state index contributed by atoms with van der Waals surface area (Å²) in [6.07, 6.45) is 0.836. The summed E-state index contributed by atoms with van der Waals surface area (Å²) in [5.41, 5.74) is 1.67. The lowest BCUT2D eigenvalue weighted by Gasteiger charge is -2.12. The van der Waals surface area contributed by atoms with E-state index >= 15 is 0 Å². The first-order valence-corrected chi connectivity index (χ1v) is 5.97. The molecule has 0 heterocycles. The zero-order valence-electron chi connectivity index (χ0n) is 9.76. The Labute approximate surface area is 104 Å². The van der Waals surface area contributed by atoms with E-state index in [4.69, 9.17) is 4.74 Å². The van der Waals surface area contributed by atoms with Crippen molar-refractivity contribution in [3.8, 4) is 5.75 Å². The standard InChI is InChI=1S/C12H16BrNO2/c1-4-8-5-9(13)6-10(12(8)16-3)11(15)7-14-2/h5-6,14H,4,7H2,1-3H3. The van der Waals surface area contributed by atoms with E-state index in [-0.39, 0.29) is 5.78 Å². The van der Waals surface area contributed by atoms with E-state index in [9.17, 15) is 4.79 Å². The molecule has 1 aromatic rings. The quantitative estimate of drug-likeness (QED) is 0.845. The van der Waals surface area contributed by atoms with Crippen LogP contribution in [0.3, 0.4) is 0 Å². The van der Waals surface area contributed by atoms with Gasteiger partial charge < -0.3 is 10.1 Å². The number of halogens is 1. The Morgan fingerprint density at radius 3 is 2.69 bits per heavy atom. The minimum absolute atomic E-state index is 0.0374. The van der Waals surface area contributed by atoms with Crippen LogP contribution in [-0.4, -0.2) is 26.5 Å². The van der Waals surface area contributed by atoms with Crippen molar-refractivity contribution < 1.29 is 9.53 Å². The molecule has 16 heavy (non-hydrogen) atoms. The summed E-state index contributed by atoms with van der Waals surface area (Å²) in [6.45, 7) is 2.35. The predicted molar refractivity (Wildman–Crippen MR) is 68.3 cm³/mol. The molecule has 1 N–H and O–H groups in total. The van der Waals surface area contributed by atoms with Crippen molar-refractivity contribution in [3.63, 3.8) is 0 Å². The predicted octanol–water partition coefficient (Wildman–Crippen LogP) is 2.42. The summed E-state index contributed by atoms with van der Waals surface area (Å²) in [7, 11) is 3.35. The van der Waals surface area contributed by atoms with Gasteiger partial charge in [-0.3, -0.25) is 4.79 Å². The van der Waals surface area contributed by atoms with Gasteiger partial charge >= 0.3 is 0 Å². The molecule has 0 aromatic heterocycles. The number of nitrogens with one attached hydrogen (secondary N) is 1. The fourth-order valence-corrected chi connectivity index (χ4v) is 2.12. The third-order valence-corrected chi connectivity index (χ3v) is 2.81. The summed E-state index contributed by atoms with van der Waals surface area (Å²) >= 11 is 3.41. The second-order valence-corrected chi connectivity index (χ2v) is 4.37. The van der Waals surface area contributed by atoms with Gasteiger partial charge in [0.15, 0.2) is 5.78 Å². The molecule has 0 fully saturated rings. The fraction of sp³-hybridized carbons (Fsp3) is 0.417. The summed E-state index contributed by atoms with van der Waals surface area (Å²) in [5.74, 6) is 0.723. The SMILES string of the molecule is CCc1cc(Br)cc(C(=O)CNC)c1OC. The number of methoxy groups -OCH3 is 1. The summed E-state index contributed by atoms with van der Waals surface area (Å²) < 4.78 is 6.23. The number of likely N-dealkylation sites (N-methyl/N-ethyl adjacent to an activating group) is 1. The Kier molecular flexibility index (Phi) is 4.96. The van der Waals surface area contributed by atoms with Crippen molar-refractivity contribution >= 4 is 21.7 Å². The van der Waals surface area contributed by atoms with Crippen molar-refractivity contribution in [2.24, 2.45) is 0 Å². The lowest BCUT2D eigenvalue weighted by Crippen LogP contribution is -2.19. The number of hydrogen-bond acceptors (Lipinski definition) is 3. The molecule has 1 aromatic carbocycles. The molecule has 0 saturated carbocycles. The number of Topliss-reactive ketones (excluding diaryl/α,β-unsaturated/α-hetero) is 1. The Morgan fingerprint density at radius 2 is 2.19 bits per heavy atom. The van der Waals surface area contributed by atoms with E-state index in [0.29, 0.717) is 17.9 Å². The Balaban J connectivity index is 3.24. The number of rotatable bonds is 5. The zero-order valence-corrected chi connectivity index (χ0v) is 11.3. The third-order valence-electron chi connectivity index (χ3n) is 2.35. The molecule has 0 radical (unpaired) electrons. The molecular weight excluding hydrogens is 270 g/mol. The van der Waals surface area contributed by atoms with E-state index < -0.39 is 0 Å². The average Bonchev–Trinajstić information content (AvgIpc) is 2.28. The van der Waals surface area contributed by atoms with Crippen molar-refractivity contribution in [1.29, 1.82) is 0 Å². The molecule has 0 saturated heterocycles. The highest BCUT2D eigenvalue weighted by molar-refractivity contribution is 9.10. The second-order valence-electron chi connectivity index (χ2n) is 3.45. The molecule has 0 spiro atoms. The monoisotopic (exact) mass is 285 g/mol. The van der Waals surface area contributed by atoms with Crippen molar-refractivity contribution in [2.75, 3.05) is 20.7 Å². The summed E-state index contributed by atoms with van der Waals surface area (Å²) in [4.78, 5) is 11.9. The molecule has 0 amide bonds. The first-order chi connectivity index (χ1) is 7.63. The Bertz CT molecular complexity index is 391. The molecule has 0 bridgehead atoms. The summed E-state index contributed by atoms with van der Waals surface area (Å²) in [6, 6.07) is 3.78. The molecule has 3 nitrogen and oxygen atoms in total. The number of ketones is 1. The topological polar surface area (TPSA) is 38.3 Å². The molecule has 0 unspecified atom stereocenters. The lowest BCUT2D eigenvalue weighted by molar-refractivity contribution is 0.0990. The maximum atomic E-state index is 11.9. The normalized spacial score (nSPS) is 10.2. The van der Waals surface area contributed by atoms with Crippen LogP contribution < -0.4 is 10.1 Å². The molecule has 1 rings (SSSR count). The van der Waals surface area contributed by atoms with Crippen LogP contribution in [0.4, 0.5) is 0 Å². The van der Waals surface area contributed by atoms with Crippen LogP contribution in [-0.2, 0) is 6.42 Å². The van der Waals surface area contributed by atoms with E-state index in [1.807, 2.05) is 13.0 Å². The van der Waals surface area contributed by atoms with Gasteiger partial charge in [-0.25, -0.2) is 0 Å².